The third-order valence-electron chi connectivity index (χ3n) is 5.72. The number of aromatic nitrogens is 1. The number of hydrogen-bond donors (Lipinski definition) is 2. The standard InChI is InChI=1S/C27H27ClFN3O/c1-5-18-14-30-25-10-16(2)21(19-11-23(28)27(33)24(29)12-19)13-22(25)26(18)31-20-8-6-17(7-9-20)15-32(3)4/h6-14,33H,5,15H2,1-4H3,(H,30,31). The van der Waals surface area contributed by atoms with Crippen LogP contribution in [0.5, 0.6) is 5.75 Å². The van der Waals surface area contributed by atoms with Crippen LogP contribution in [0.2, 0.25) is 5.02 Å². The van der Waals surface area contributed by atoms with E-state index in [1.165, 1.54) is 11.6 Å². The second-order valence-corrected chi connectivity index (χ2v) is 8.95. The van der Waals surface area contributed by atoms with Gasteiger partial charge in [0.15, 0.2) is 11.6 Å². The summed E-state index contributed by atoms with van der Waals surface area (Å²) >= 11 is 6.05. The third-order valence-corrected chi connectivity index (χ3v) is 6.01. The number of rotatable bonds is 6. The Hall–Kier alpha value is -3.15. The maximum absolute atomic E-state index is 14.2. The van der Waals surface area contributed by atoms with E-state index in [-0.39, 0.29) is 5.02 Å². The molecule has 170 valence electrons. The van der Waals surface area contributed by atoms with Crippen LogP contribution in [0.4, 0.5) is 15.8 Å². The molecule has 0 amide bonds. The van der Waals surface area contributed by atoms with Gasteiger partial charge in [0.25, 0.3) is 0 Å². The van der Waals surface area contributed by atoms with E-state index in [1.807, 2.05) is 25.3 Å². The van der Waals surface area contributed by atoms with Crippen molar-refractivity contribution in [1.29, 1.82) is 0 Å². The quantitative estimate of drug-likeness (QED) is 0.321. The van der Waals surface area contributed by atoms with Gasteiger partial charge in [-0.2, -0.15) is 0 Å². The van der Waals surface area contributed by atoms with Crippen molar-refractivity contribution in [3.8, 4) is 16.9 Å². The number of halogens is 2. The van der Waals surface area contributed by atoms with Crippen LogP contribution >= 0.6 is 11.6 Å². The average molecular weight is 464 g/mol. The van der Waals surface area contributed by atoms with E-state index >= 15 is 0 Å². The molecule has 0 atom stereocenters. The van der Waals surface area contributed by atoms with E-state index in [2.05, 4.69) is 60.5 Å². The number of phenols is 1. The minimum atomic E-state index is -0.742. The maximum atomic E-state index is 14.2. The summed E-state index contributed by atoms with van der Waals surface area (Å²) in [4.78, 5) is 6.80. The molecule has 0 unspecified atom stereocenters. The second-order valence-electron chi connectivity index (χ2n) is 8.54. The van der Waals surface area contributed by atoms with Crippen LogP contribution in [-0.4, -0.2) is 29.1 Å². The molecule has 3 aromatic carbocycles. The smallest absolute Gasteiger partial charge is 0.170 e. The predicted octanol–water partition coefficient (Wildman–Crippen LogP) is 7.08. The number of anilines is 2. The molecule has 0 saturated heterocycles. The van der Waals surface area contributed by atoms with Crippen LogP contribution in [0.15, 0.2) is 54.7 Å². The normalized spacial score (nSPS) is 11.4. The molecule has 0 aliphatic heterocycles. The lowest BCUT2D eigenvalue weighted by molar-refractivity contribution is 0.402. The summed E-state index contributed by atoms with van der Waals surface area (Å²) in [7, 11) is 4.10. The lowest BCUT2D eigenvalue weighted by Crippen LogP contribution is -2.10. The van der Waals surface area contributed by atoms with Crippen LogP contribution < -0.4 is 5.32 Å². The molecule has 0 fully saturated rings. The molecule has 0 aliphatic carbocycles. The highest BCUT2D eigenvalue weighted by molar-refractivity contribution is 6.32. The van der Waals surface area contributed by atoms with E-state index < -0.39 is 11.6 Å². The summed E-state index contributed by atoms with van der Waals surface area (Å²) in [6.45, 7) is 4.94. The molecule has 4 rings (SSSR count). The second kappa shape index (κ2) is 9.38. The highest BCUT2D eigenvalue weighted by atomic mass is 35.5. The van der Waals surface area contributed by atoms with E-state index in [0.717, 1.165) is 51.9 Å². The van der Waals surface area contributed by atoms with Crippen LogP contribution in [0.1, 0.15) is 23.6 Å². The number of nitrogens with one attached hydrogen (secondary N) is 1. The zero-order valence-corrected chi connectivity index (χ0v) is 20.0. The van der Waals surface area contributed by atoms with Gasteiger partial charge in [0, 0.05) is 23.8 Å². The summed E-state index contributed by atoms with van der Waals surface area (Å²) in [5, 5.41) is 14.2. The molecule has 0 spiro atoms. The molecule has 1 aromatic heterocycles. The fourth-order valence-corrected chi connectivity index (χ4v) is 4.24. The number of phenolic OH excluding ortho intramolecular Hbond substituents is 1. The zero-order chi connectivity index (χ0) is 23.7. The Labute approximate surface area is 198 Å². The molecule has 0 saturated carbocycles. The Balaban J connectivity index is 1.82. The topological polar surface area (TPSA) is 48.4 Å². The Kier molecular flexibility index (Phi) is 6.54. The fraction of sp³-hybridized carbons (Fsp3) is 0.222. The Morgan fingerprint density at radius 1 is 1.09 bits per heavy atom. The SMILES string of the molecule is CCc1cnc2cc(C)c(-c3cc(F)c(O)c(Cl)c3)cc2c1Nc1ccc(CN(C)C)cc1. The predicted molar refractivity (Wildman–Crippen MR) is 135 cm³/mol. The molecule has 0 aliphatic rings. The molecule has 4 aromatic rings. The highest BCUT2D eigenvalue weighted by Gasteiger charge is 2.15. The first-order chi connectivity index (χ1) is 15.8. The van der Waals surface area contributed by atoms with Crippen LogP contribution in [-0.2, 0) is 13.0 Å². The van der Waals surface area contributed by atoms with Gasteiger partial charge >= 0.3 is 0 Å². The first-order valence-electron chi connectivity index (χ1n) is 10.9. The monoisotopic (exact) mass is 463 g/mol. The number of hydrogen-bond acceptors (Lipinski definition) is 4. The Morgan fingerprint density at radius 3 is 2.45 bits per heavy atom. The van der Waals surface area contributed by atoms with E-state index in [0.29, 0.717) is 5.56 Å². The Morgan fingerprint density at radius 2 is 1.82 bits per heavy atom. The first-order valence-corrected chi connectivity index (χ1v) is 11.3. The van der Waals surface area contributed by atoms with Crippen molar-refractivity contribution in [1.82, 2.24) is 9.88 Å². The van der Waals surface area contributed by atoms with Crippen molar-refractivity contribution in [3.05, 3.63) is 82.3 Å². The van der Waals surface area contributed by atoms with E-state index in [1.54, 1.807) is 6.07 Å². The lowest BCUT2D eigenvalue weighted by atomic mass is 9.96. The molecule has 2 N–H and O–H groups in total. The lowest BCUT2D eigenvalue weighted by Gasteiger charge is -2.17. The van der Waals surface area contributed by atoms with Crippen molar-refractivity contribution in [2.24, 2.45) is 0 Å². The van der Waals surface area contributed by atoms with Gasteiger partial charge in [-0.05, 0) is 91.7 Å². The summed E-state index contributed by atoms with van der Waals surface area (Å²) in [5.74, 6) is -1.28. The molecule has 4 nitrogen and oxygen atoms in total. The van der Waals surface area contributed by atoms with E-state index in [9.17, 15) is 9.50 Å². The van der Waals surface area contributed by atoms with Crippen molar-refractivity contribution in [3.63, 3.8) is 0 Å². The van der Waals surface area contributed by atoms with Gasteiger partial charge in [-0.25, -0.2) is 4.39 Å². The summed E-state index contributed by atoms with van der Waals surface area (Å²) in [6, 6.07) is 15.3. The van der Waals surface area contributed by atoms with Crippen LogP contribution in [0.3, 0.4) is 0 Å². The third kappa shape index (κ3) is 4.80. The Bertz CT molecular complexity index is 1300. The minimum Gasteiger partial charge on any atom is -0.504 e. The molecular weight excluding hydrogens is 437 g/mol. The summed E-state index contributed by atoms with van der Waals surface area (Å²) in [6.07, 6.45) is 2.72. The maximum Gasteiger partial charge on any atom is 0.170 e. The molecule has 6 heteroatoms. The van der Waals surface area contributed by atoms with Crippen molar-refractivity contribution in [2.75, 3.05) is 19.4 Å². The van der Waals surface area contributed by atoms with Gasteiger partial charge in [0.1, 0.15) is 0 Å². The summed E-state index contributed by atoms with van der Waals surface area (Å²) in [5.41, 5.74) is 7.54. The average Bonchev–Trinajstić information content (AvgIpc) is 2.78. The van der Waals surface area contributed by atoms with Gasteiger partial charge in [-0.15, -0.1) is 0 Å². The molecule has 0 radical (unpaired) electrons. The molecule has 1 heterocycles. The highest BCUT2D eigenvalue weighted by Crippen LogP contribution is 2.38. The van der Waals surface area contributed by atoms with Gasteiger partial charge in [0.2, 0.25) is 0 Å². The zero-order valence-electron chi connectivity index (χ0n) is 19.2. The molecule has 33 heavy (non-hydrogen) atoms. The van der Waals surface area contributed by atoms with Crippen molar-refractivity contribution >= 4 is 33.9 Å². The number of aromatic hydroxyl groups is 1. The van der Waals surface area contributed by atoms with Gasteiger partial charge < -0.3 is 15.3 Å². The number of pyridine rings is 1. The van der Waals surface area contributed by atoms with Crippen LogP contribution in [0.25, 0.3) is 22.0 Å². The molecule has 0 bridgehead atoms. The largest absolute Gasteiger partial charge is 0.504 e. The van der Waals surface area contributed by atoms with Crippen LogP contribution in [0, 0.1) is 12.7 Å². The number of aryl methyl sites for hydroxylation is 2. The van der Waals surface area contributed by atoms with Crippen molar-refractivity contribution < 1.29 is 9.50 Å². The van der Waals surface area contributed by atoms with Crippen molar-refractivity contribution in [2.45, 2.75) is 26.8 Å². The summed E-state index contributed by atoms with van der Waals surface area (Å²) < 4.78 is 14.2. The number of nitrogens with zero attached hydrogens (tertiary/aromatic N) is 2. The number of benzene rings is 3. The fourth-order valence-electron chi connectivity index (χ4n) is 4.04. The molecular formula is C27H27ClFN3O. The van der Waals surface area contributed by atoms with Gasteiger partial charge in [0.05, 0.1) is 16.2 Å². The van der Waals surface area contributed by atoms with Gasteiger partial charge in [-0.3, -0.25) is 4.98 Å². The van der Waals surface area contributed by atoms with Gasteiger partial charge in [-0.1, -0.05) is 30.7 Å². The number of fused-ring (bicyclic) bond motifs is 1. The first kappa shape index (κ1) is 23.0. The van der Waals surface area contributed by atoms with E-state index in [4.69, 9.17) is 11.6 Å². The minimum absolute atomic E-state index is 0.0129.